The van der Waals surface area contributed by atoms with Crippen LogP contribution in [0.25, 0.3) is 10.9 Å². The van der Waals surface area contributed by atoms with Gasteiger partial charge in [-0.15, -0.1) is 0 Å². The molecule has 0 saturated carbocycles. The molecule has 0 radical (unpaired) electrons. The molecule has 0 aliphatic carbocycles. The maximum atomic E-state index is 5.76. The van der Waals surface area contributed by atoms with E-state index in [1.807, 2.05) is 12.1 Å². The zero-order chi connectivity index (χ0) is 11.0. The van der Waals surface area contributed by atoms with Gasteiger partial charge in [-0.2, -0.15) is 0 Å². The normalized spacial score (nSPS) is 16.5. The third-order valence-electron chi connectivity index (χ3n) is 3.44. The molecule has 1 aliphatic heterocycles. The van der Waals surface area contributed by atoms with Crippen LogP contribution >= 0.6 is 0 Å². The van der Waals surface area contributed by atoms with Gasteiger partial charge in [0.2, 0.25) is 0 Å². The zero-order valence-electron chi connectivity index (χ0n) is 9.37. The van der Waals surface area contributed by atoms with E-state index in [0.29, 0.717) is 0 Å². The van der Waals surface area contributed by atoms with Crippen LogP contribution in [0.2, 0.25) is 0 Å². The predicted octanol–water partition coefficient (Wildman–Crippen LogP) is 2.00. The van der Waals surface area contributed by atoms with Crippen molar-refractivity contribution in [2.75, 3.05) is 25.4 Å². The summed E-state index contributed by atoms with van der Waals surface area (Å²) in [7, 11) is 0. The lowest BCUT2D eigenvalue weighted by Gasteiger charge is -2.30. The second kappa shape index (κ2) is 3.83. The maximum Gasteiger partial charge on any atom is 0.0477 e. The Labute approximate surface area is 95.2 Å². The monoisotopic (exact) mass is 215 g/mol. The topological polar surface area (TPSA) is 45.0 Å². The second-order valence-corrected chi connectivity index (χ2v) is 4.56. The van der Waals surface area contributed by atoms with Gasteiger partial charge in [-0.25, -0.2) is 0 Å². The fourth-order valence-corrected chi connectivity index (χ4v) is 2.29. The molecule has 1 aromatic carbocycles. The van der Waals surface area contributed by atoms with E-state index in [9.17, 15) is 0 Å². The lowest BCUT2D eigenvalue weighted by molar-refractivity contribution is 0.184. The van der Waals surface area contributed by atoms with E-state index in [1.165, 1.54) is 37.0 Å². The third kappa shape index (κ3) is 1.67. The first kappa shape index (κ1) is 9.73. The second-order valence-electron chi connectivity index (χ2n) is 4.56. The number of anilines is 1. The van der Waals surface area contributed by atoms with Gasteiger partial charge in [-0.3, -0.25) is 0 Å². The summed E-state index contributed by atoms with van der Waals surface area (Å²) in [6, 6.07) is 6.10. The van der Waals surface area contributed by atoms with Crippen LogP contribution in [-0.4, -0.2) is 29.5 Å². The first-order valence-corrected chi connectivity index (χ1v) is 5.91. The van der Waals surface area contributed by atoms with E-state index in [4.69, 9.17) is 5.73 Å². The minimum Gasteiger partial charge on any atom is -0.399 e. The fraction of sp³-hybridized carbons (Fsp3) is 0.385. The molecule has 3 nitrogen and oxygen atoms in total. The Hall–Kier alpha value is -1.48. The molecule has 16 heavy (non-hydrogen) atoms. The van der Waals surface area contributed by atoms with Gasteiger partial charge in [0.25, 0.3) is 0 Å². The number of nitrogens with two attached hydrogens (primary N) is 1. The molecule has 1 aromatic heterocycles. The van der Waals surface area contributed by atoms with Crippen LogP contribution in [0, 0.1) is 0 Å². The van der Waals surface area contributed by atoms with Crippen LogP contribution in [-0.2, 0) is 6.42 Å². The van der Waals surface area contributed by atoms with Crippen molar-refractivity contribution in [1.82, 2.24) is 9.88 Å². The Balaban J connectivity index is 1.80. The van der Waals surface area contributed by atoms with Gasteiger partial charge in [0, 0.05) is 29.3 Å². The van der Waals surface area contributed by atoms with Crippen molar-refractivity contribution >= 4 is 16.6 Å². The van der Waals surface area contributed by atoms with Gasteiger partial charge >= 0.3 is 0 Å². The van der Waals surface area contributed by atoms with Crippen LogP contribution in [0.15, 0.2) is 24.4 Å². The summed E-state index contributed by atoms with van der Waals surface area (Å²) in [5, 5.41) is 1.31. The summed E-state index contributed by atoms with van der Waals surface area (Å²) < 4.78 is 0. The third-order valence-corrected chi connectivity index (χ3v) is 3.44. The largest absolute Gasteiger partial charge is 0.399 e. The molecule has 84 valence electrons. The summed E-state index contributed by atoms with van der Waals surface area (Å²) in [5.41, 5.74) is 9.14. The van der Waals surface area contributed by atoms with E-state index in [-0.39, 0.29) is 0 Å². The van der Waals surface area contributed by atoms with E-state index in [1.54, 1.807) is 0 Å². The molecule has 3 heteroatoms. The van der Waals surface area contributed by atoms with E-state index in [0.717, 1.165) is 17.6 Å². The minimum atomic E-state index is 0.823. The van der Waals surface area contributed by atoms with E-state index in [2.05, 4.69) is 22.1 Å². The molecule has 1 saturated heterocycles. The molecule has 3 N–H and O–H groups in total. The summed E-state index contributed by atoms with van der Waals surface area (Å²) in [5.74, 6) is 0. The highest BCUT2D eigenvalue weighted by molar-refractivity contribution is 5.85. The summed E-state index contributed by atoms with van der Waals surface area (Å²) >= 11 is 0. The first-order valence-electron chi connectivity index (χ1n) is 5.91. The molecule has 1 fully saturated rings. The van der Waals surface area contributed by atoms with Gasteiger partial charge in [0.1, 0.15) is 0 Å². The predicted molar refractivity (Wildman–Crippen MR) is 67.5 cm³/mol. The molecule has 0 amide bonds. The number of fused-ring (bicyclic) bond motifs is 1. The SMILES string of the molecule is Nc1ccc2c(CCN3CCC3)c[nH]c2c1. The van der Waals surface area contributed by atoms with Gasteiger partial charge in [0.05, 0.1) is 0 Å². The first-order chi connectivity index (χ1) is 7.83. The number of benzene rings is 1. The Morgan fingerprint density at radius 2 is 2.19 bits per heavy atom. The van der Waals surface area contributed by atoms with Gasteiger partial charge in [-0.1, -0.05) is 6.07 Å². The van der Waals surface area contributed by atoms with Crippen LogP contribution in [0.1, 0.15) is 12.0 Å². The number of hydrogen-bond acceptors (Lipinski definition) is 2. The Kier molecular flexibility index (Phi) is 2.33. The summed E-state index contributed by atoms with van der Waals surface area (Å²) in [4.78, 5) is 5.79. The molecule has 0 bridgehead atoms. The van der Waals surface area contributed by atoms with Gasteiger partial charge in [-0.05, 0) is 43.6 Å². The van der Waals surface area contributed by atoms with Crippen molar-refractivity contribution in [2.24, 2.45) is 0 Å². The number of H-pyrrole nitrogens is 1. The van der Waals surface area contributed by atoms with Gasteiger partial charge < -0.3 is 15.6 Å². The number of nitrogens with zero attached hydrogens (tertiary/aromatic N) is 1. The number of hydrogen-bond donors (Lipinski definition) is 2. The lowest BCUT2D eigenvalue weighted by atomic mass is 10.1. The molecular formula is C13H17N3. The Bertz CT molecular complexity index is 497. The Morgan fingerprint density at radius 1 is 1.31 bits per heavy atom. The van der Waals surface area contributed by atoms with E-state index < -0.39 is 0 Å². The molecule has 1 aliphatic rings. The molecule has 0 unspecified atom stereocenters. The number of aromatic nitrogens is 1. The van der Waals surface area contributed by atoms with Crippen LogP contribution < -0.4 is 5.73 Å². The highest BCUT2D eigenvalue weighted by Gasteiger charge is 2.13. The minimum absolute atomic E-state index is 0.823. The van der Waals surface area contributed by atoms with Crippen molar-refractivity contribution in [2.45, 2.75) is 12.8 Å². The van der Waals surface area contributed by atoms with Crippen molar-refractivity contribution in [3.63, 3.8) is 0 Å². The average Bonchev–Trinajstić information content (AvgIpc) is 2.58. The molecular weight excluding hydrogens is 198 g/mol. The zero-order valence-corrected chi connectivity index (χ0v) is 9.37. The van der Waals surface area contributed by atoms with Crippen LogP contribution in [0.3, 0.4) is 0 Å². The quantitative estimate of drug-likeness (QED) is 0.769. The standard InChI is InChI=1S/C13H17N3/c14-11-2-3-12-10(9-15-13(12)8-11)4-7-16-5-1-6-16/h2-3,8-9,15H,1,4-7,14H2. The number of rotatable bonds is 3. The highest BCUT2D eigenvalue weighted by Crippen LogP contribution is 2.21. The number of aromatic amines is 1. The van der Waals surface area contributed by atoms with E-state index >= 15 is 0 Å². The average molecular weight is 215 g/mol. The maximum absolute atomic E-state index is 5.76. The van der Waals surface area contributed by atoms with Crippen LogP contribution in [0.4, 0.5) is 5.69 Å². The van der Waals surface area contributed by atoms with Crippen molar-refractivity contribution in [3.05, 3.63) is 30.0 Å². The van der Waals surface area contributed by atoms with Crippen molar-refractivity contribution in [1.29, 1.82) is 0 Å². The summed E-state index contributed by atoms with van der Waals surface area (Å²) in [6.07, 6.45) is 4.61. The number of nitrogens with one attached hydrogen (secondary N) is 1. The smallest absolute Gasteiger partial charge is 0.0477 e. The molecule has 2 heterocycles. The molecule has 3 rings (SSSR count). The number of likely N-dealkylation sites (tertiary alicyclic amines) is 1. The molecule has 0 atom stereocenters. The lowest BCUT2D eigenvalue weighted by Crippen LogP contribution is -2.38. The van der Waals surface area contributed by atoms with Crippen LogP contribution in [0.5, 0.6) is 0 Å². The summed E-state index contributed by atoms with van der Waals surface area (Å²) in [6.45, 7) is 3.72. The highest BCUT2D eigenvalue weighted by atomic mass is 15.2. The van der Waals surface area contributed by atoms with Crippen molar-refractivity contribution < 1.29 is 0 Å². The van der Waals surface area contributed by atoms with Gasteiger partial charge in [0.15, 0.2) is 0 Å². The molecule has 2 aromatic rings. The fourth-order valence-electron chi connectivity index (χ4n) is 2.29. The molecule has 0 spiro atoms. The van der Waals surface area contributed by atoms with Crippen molar-refractivity contribution in [3.8, 4) is 0 Å². The number of nitrogen functional groups attached to an aromatic ring is 1. The Morgan fingerprint density at radius 3 is 2.94 bits per heavy atom.